The molecule has 1 aliphatic heterocycles. The maximum Gasteiger partial charge on any atom is 0.306 e. The standard InChI is InChI=1S/C9H12O3/c10-4-3-7-6-1-2-8(7)12-9(11)5-6/h4,6-8H,1-3,5H2/t6-,7?,8?/m1/s1. The lowest BCUT2D eigenvalue weighted by molar-refractivity contribution is -0.158. The minimum absolute atomic E-state index is 0.0430. The zero-order valence-electron chi connectivity index (χ0n) is 6.86. The Morgan fingerprint density at radius 2 is 2.33 bits per heavy atom. The highest BCUT2D eigenvalue weighted by atomic mass is 16.5. The predicted octanol–water partition coefficient (Wildman–Crippen LogP) is 0.917. The monoisotopic (exact) mass is 168 g/mol. The second-order valence-electron chi connectivity index (χ2n) is 3.64. The number of rotatable bonds is 2. The number of hydrogen-bond donors (Lipinski definition) is 0. The van der Waals surface area contributed by atoms with E-state index >= 15 is 0 Å². The molecule has 3 nitrogen and oxygen atoms in total. The van der Waals surface area contributed by atoms with Crippen molar-refractivity contribution < 1.29 is 14.3 Å². The van der Waals surface area contributed by atoms with E-state index in [0.29, 0.717) is 24.7 Å². The van der Waals surface area contributed by atoms with Crippen LogP contribution in [0.2, 0.25) is 0 Å². The number of fused-ring (bicyclic) bond motifs is 2. The van der Waals surface area contributed by atoms with Crippen LogP contribution in [0.15, 0.2) is 0 Å². The molecule has 2 bridgehead atoms. The Morgan fingerprint density at radius 3 is 3.00 bits per heavy atom. The van der Waals surface area contributed by atoms with Crippen LogP contribution >= 0.6 is 0 Å². The number of esters is 1. The van der Waals surface area contributed by atoms with Crippen LogP contribution in [-0.2, 0) is 14.3 Å². The van der Waals surface area contributed by atoms with Crippen LogP contribution in [0.25, 0.3) is 0 Å². The van der Waals surface area contributed by atoms with E-state index in [9.17, 15) is 9.59 Å². The summed E-state index contributed by atoms with van der Waals surface area (Å²) >= 11 is 0. The van der Waals surface area contributed by atoms with Crippen LogP contribution in [-0.4, -0.2) is 18.4 Å². The van der Waals surface area contributed by atoms with Gasteiger partial charge in [0.1, 0.15) is 12.4 Å². The molecule has 2 rings (SSSR count). The van der Waals surface area contributed by atoms with Crippen molar-refractivity contribution >= 4 is 12.3 Å². The Morgan fingerprint density at radius 1 is 1.50 bits per heavy atom. The first kappa shape index (κ1) is 7.77. The average Bonchev–Trinajstić information content (AvgIpc) is 2.32. The summed E-state index contributed by atoms with van der Waals surface area (Å²) in [5.41, 5.74) is 0. The van der Waals surface area contributed by atoms with E-state index in [-0.39, 0.29) is 12.1 Å². The highest BCUT2D eigenvalue weighted by Gasteiger charge is 2.43. The number of carbonyl (C=O) groups is 2. The molecule has 0 spiro atoms. The molecular formula is C9H12O3. The van der Waals surface area contributed by atoms with Crippen molar-refractivity contribution in [1.82, 2.24) is 0 Å². The van der Waals surface area contributed by atoms with Crippen LogP contribution in [0, 0.1) is 11.8 Å². The van der Waals surface area contributed by atoms with Crippen molar-refractivity contribution in [2.75, 3.05) is 0 Å². The van der Waals surface area contributed by atoms with Crippen molar-refractivity contribution in [3.8, 4) is 0 Å². The fraction of sp³-hybridized carbons (Fsp3) is 0.778. The van der Waals surface area contributed by atoms with Gasteiger partial charge in [0.2, 0.25) is 0 Å². The van der Waals surface area contributed by atoms with Gasteiger partial charge < -0.3 is 9.53 Å². The number of ether oxygens (including phenoxy) is 1. The molecule has 2 unspecified atom stereocenters. The Balaban J connectivity index is 2.08. The summed E-state index contributed by atoms with van der Waals surface area (Å²) in [6, 6.07) is 0. The smallest absolute Gasteiger partial charge is 0.306 e. The van der Waals surface area contributed by atoms with Gasteiger partial charge in [-0.3, -0.25) is 4.79 Å². The molecule has 66 valence electrons. The third kappa shape index (κ3) is 1.13. The van der Waals surface area contributed by atoms with Crippen LogP contribution in [0.1, 0.15) is 25.7 Å². The van der Waals surface area contributed by atoms with E-state index in [1.165, 1.54) is 0 Å². The molecule has 1 heterocycles. The molecule has 3 heteroatoms. The summed E-state index contributed by atoms with van der Waals surface area (Å²) in [4.78, 5) is 21.3. The topological polar surface area (TPSA) is 43.4 Å². The van der Waals surface area contributed by atoms with Crippen molar-refractivity contribution in [3.63, 3.8) is 0 Å². The van der Waals surface area contributed by atoms with E-state index in [1.54, 1.807) is 0 Å². The molecule has 0 aromatic carbocycles. The summed E-state index contributed by atoms with van der Waals surface area (Å²) < 4.78 is 5.14. The van der Waals surface area contributed by atoms with Gasteiger partial charge in [-0.15, -0.1) is 0 Å². The van der Waals surface area contributed by atoms with Crippen molar-refractivity contribution in [3.05, 3.63) is 0 Å². The third-order valence-corrected chi connectivity index (χ3v) is 2.99. The Labute approximate surface area is 71.1 Å². The highest BCUT2D eigenvalue weighted by molar-refractivity contribution is 5.71. The zero-order valence-corrected chi connectivity index (χ0v) is 6.86. The molecule has 12 heavy (non-hydrogen) atoms. The van der Waals surface area contributed by atoms with Crippen LogP contribution in [0.4, 0.5) is 0 Å². The second kappa shape index (κ2) is 2.88. The molecule has 1 aliphatic carbocycles. The third-order valence-electron chi connectivity index (χ3n) is 2.99. The maximum atomic E-state index is 11.0. The van der Waals surface area contributed by atoms with Gasteiger partial charge in [0.15, 0.2) is 0 Å². The first-order valence-electron chi connectivity index (χ1n) is 4.44. The molecule has 0 amide bonds. The van der Waals surface area contributed by atoms with Gasteiger partial charge in [-0.25, -0.2) is 0 Å². The molecule has 2 aliphatic rings. The summed E-state index contributed by atoms with van der Waals surface area (Å²) in [7, 11) is 0. The minimum atomic E-state index is -0.0790. The predicted molar refractivity (Wildman–Crippen MR) is 41.4 cm³/mol. The van der Waals surface area contributed by atoms with Crippen LogP contribution in [0.5, 0.6) is 0 Å². The van der Waals surface area contributed by atoms with Gasteiger partial charge in [-0.2, -0.15) is 0 Å². The molecule has 1 saturated heterocycles. The van der Waals surface area contributed by atoms with E-state index in [2.05, 4.69) is 0 Å². The van der Waals surface area contributed by atoms with Crippen molar-refractivity contribution in [2.24, 2.45) is 11.8 Å². The summed E-state index contributed by atoms with van der Waals surface area (Å²) in [6.07, 6.45) is 4.07. The molecule has 0 aromatic rings. The first-order chi connectivity index (χ1) is 5.81. The first-order valence-corrected chi connectivity index (χ1v) is 4.44. The SMILES string of the molecule is O=CCC1C2CC[C@@H]1CC(=O)O2. The molecular weight excluding hydrogens is 156 g/mol. The molecule has 3 atom stereocenters. The van der Waals surface area contributed by atoms with Gasteiger partial charge in [0.05, 0.1) is 0 Å². The Hall–Kier alpha value is -0.860. The maximum absolute atomic E-state index is 11.0. The zero-order chi connectivity index (χ0) is 8.55. The second-order valence-corrected chi connectivity index (χ2v) is 3.64. The lowest BCUT2D eigenvalue weighted by atomic mass is 9.88. The van der Waals surface area contributed by atoms with E-state index in [0.717, 1.165) is 19.1 Å². The highest BCUT2D eigenvalue weighted by Crippen LogP contribution is 2.41. The minimum Gasteiger partial charge on any atom is -0.462 e. The van der Waals surface area contributed by atoms with Gasteiger partial charge in [0.25, 0.3) is 0 Å². The Kier molecular flexibility index (Phi) is 1.87. The molecule has 0 radical (unpaired) electrons. The lowest BCUT2D eigenvalue weighted by Gasteiger charge is -2.27. The summed E-state index contributed by atoms with van der Waals surface area (Å²) in [5.74, 6) is 0.659. The van der Waals surface area contributed by atoms with Crippen molar-refractivity contribution in [1.29, 1.82) is 0 Å². The van der Waals surface area contributed by atoms with Gasteiger partial charge in [-0.1, -0.05) is 0 Å². The van der Waals surface area contributed by atoms with Gasteiger partial charge in [0, 0.05) is 18.8 Å². The van der Waals surface area contributed by atoms with E-state index < -0.39 is 0 Å². The fourth-order valence-electron chi connectivity index (χ4n) is 2.40. The molecule has 0 aromatic heterocycles. The molecule has 2 fully saturated rings. The fourth-order valence-corrected chi connectivity index (χ4v) is 2.40. The van der Waals surface area contributed by atoms with Crippen LogP contribution in [0.3, 0.4) is 0 Å². The normalized spacial score (nSPS) is 39.3. The Bertz CT molecular complexity index is 196. The lowest BCUT2D eigenvalue weighted by Crippen LogP contribution is -2.32. The van der Waals surface area contributed by atoms with E-state index in [1.807, 2.05) is 0 Å². The summed E-state index contributed by atoms with van der Waals surface area (Å²) in [5, 5.41) is 0. The van der Waals surface area contributed by atoms with Crippen LogP contribution < -0.4 is 0 Å². The number of aldehydes is 1. The van der Waals surface area contributed by atoms with Crippen molar-refractivity contribution in [2.45, 2.75) is 31.8 Å². The van der Waals surface area contributed by atoms with E-state index in [4.69, 9.17) is 4.74 Å². The average molecular weight is 168 g/mol. The number of carbonyl (C=O) groups excluding carboxylic acids is 2. The summed E-state index contributed by atoms with van der Waals surface area (Å²) in [6.45, 7) is 0. The van der Waals surface area contributed by atoms with Gasteiger partial charge in [-0.05, 0) is 18.8 Å². The molecule has 0 N–H and O–H groups in total. The molecule has 1 saturated carbocycles. The van der Waals surface area contributed by atoms with Gasteiger partial charge >= 0.3 is 5.97 Å². The quantitative estimate of drug-likeness (QED) is 0.455. The largest absolute Gasteiger partial charge is 0.462 e. The number of hydrogen-bond acceptors (Lipinski definition) is 3.